The van der Waals surface area contributed by atoms with Gasteiger partial charge < -0.3 is 4.90 Å². The fourth-order valence-corrected chi connectivity index (χ4v) is 1.56. The van der Waals surface area contributed by atoms with Gasteiger partial charge in [-0.25, -0.2) is 4.98 Å². The van der Waals surface area contributed by atoms with Crippen molar-refractivity contribution in [3.05, 3.63) is 59.9 Å². The van der Waals surface area contributed by atoms with E-state index in [1.54, 1.807) is 19.4 Å². The zero-order chi connectivity index (χ0) is 13.0. The van der Waals surface area contributed by atoms with Crippen LogP contribution in [-0.4, -0.2) is 27.8 Å². The zero-order valence-electron chi connectivity index (χ0n) is 9.88. The summed E-state index contributed by atoms with van der Waals surface area (Å²) < 4.78 is 12.7. The highest BCUT2D eigenvalue weighted by Crippen LogP contribution is 2.07. The smallest absolute Gasteiger partial charge is 0.255 e. The van der Waals surface area contributed by atoms with Crippen LogP contribution in [0.5, 0.6) is 0 Å². The van der Waals surface area contributed by atoms with Crippen LogP contribution < -0.4 is 0 Å². The molecule has 4 nitrogen and oxygen atoms in total. The highest BCUT2D eigenvalue weighted by atomic mass is 19.1. The summed E-state index contributed by atoms with van der Waals surface area (Å²) in [4.78, 5) is 21.0. The third-order valence-corrected chi connectivity index (χ3v) is 2.46. The van der Waals surface area contributed by atoms with Gasteiger partial charge in [0.2, 0.25) is 5.95 Å². The first-order valence-corrected chi connectivity index (χ1v) is 5.43. The molecule has 0 saturated heterocycles. The molecule has 2 heterocycles. The number of nitrogens with zero attached hydrogens (tertiary/aromatic N) is 3. The van der Waals surface area contributed by atoms with E-state index in [4.69, 9.17) is 0 Å². The van der Waals surface area contributed by atoms with E-state index in [1.807, 2.05) is 12.1 Å². The maximum Gasteiger partial charge on any atom is 0.255 e. The van der Waals surface area contributed by atoms with Crippen molar-refractivity contribution in [2.45, 2.75) is 6.54 Å². The first-order chi connectivity index (χ1) is 8.66. The minimum absolute atomic E-state index is 0.202. The van der Waals surface area contributed by atoms with Crippen LogP contribution in [-0.2, 0) is 6.54 Å². The predicted octanol–water partition coefficient (Wildman–Crippen LogP) is 1.89. The van der Waals surface area contributed by atoms with E-state index in [1.165, 1.54) is 23.2 Å². The number of carbonyl (C=O) groups is 1. The number of rotatable bonds is 3. The molecule has 0 radical (unpaired) electrons. The monoisotopic (exact) mass is 245 g/mol. The normalized spacial score (nSPS) is 10.1. The van der Waals surface area contributed by atoms with Crippen molar-refractivity contribution >= 4 is 5.91 Å². The van der Waals surface area contributed by atoms with E-state index < -0.39 is 5.95 Å². The number of halogens is 1. The summed E-state index contributed by atoms with van der Waals surface area (Å²) in [6.07, 6.45) is 4.61. The van der Waals surface area contributed by atoms with Gasteiger partial charge in [0.1, 0.15) is 0 Å². The SMILES string of the molecule is CN(Cc1cccnc1)C(=O)c1ccc(F)nc1. The van der Waals surface area contributed by atoms with Crippen LogP contribution in [0.25, 0.3) is 0 Å². The number of amides is 1. The predicted molar refractivity (Wildman–Crippen MR) is 64.2 cm³/mol. The van der Waals surface area contributed by atoms with Crippen LogP contribution in [0, 0.1) is 5.95 Å². The van der Waals surface area contributed by atoms with Gasteiger partial charge in [-0.2, -0.15) is 4.39 Å². The maximum absolute atomic E-state index is 12.7. The molecule has 0 atom stereocenters. The molecular weight excluding hydrogens is 233 g/mol. The largest absolute Gasteiger partial charge is 0.337 e. The summed E-state index contributed by atoms with van der Waals surface area (Å²) in [5.74, 6) is -0.798. The summed E-state index contributed by atoms with van der Waals surface area (Å²) in [6.45, 7) is 0.448. The minimum Gasteiger partial charge on any atom is -0.337 e. The van der Waals surface area contributed by atoms with Gasteiger partial charge in [-0.1, -0.05) is 6.07 Å². The Hall–Kier alpha value is -2.30. The van der Waals surface area contributed by atoms with Gasteiger partial charge in [0.25, 0.3) is 5.91 Å². The average Bonchev–Trinajstić information content (AvgIpc) is 2.40. The van der Waals surface area contributed by atoms with Crippen molar-refractivity contribution < 1.29 is 9.18 Å². The Kier molecular flexibility index (Phi) is 3.62. The molecular formula is C13H12FN3O. The summed E-state index contributed by atoms with van der Waals surface area (Å²) in [6, 6.07) is 6.29. The molecule has 5 heteroatoms. The molecule has 0 spiro atoms. The second-order valence-electron chi connectivity index (χ2n) is 3.89. The van der Waals surface area contributed by atoms with Gasteiger partial charge in [-0.15, -0.1) is 0 Å². The van der Waals surface area contributed by atoms with Crippen LogP contribution in [0.1, 0.15) is 15.9 Å². The molecule has 0 bridgehead atoms. The first kappa shape index (κ1) is 12.2. The Labute approximate surface area is 104 Å². The Bertz CT molecular complexity index is 528. The quantitative estimate of drug-likeness (QED) is 0.776. The molecule has 18 heavy (non-hydrogen) atoms. The summed E-state index contributed by atoms with van der Waals surface area (Å²) in [7, 11) is 1.68. The Morgan fingerprint density at radius 3 is 2.78 bits per heavy atom. The summed E-state index contributed by atoms with van der Waals surface area (Å²) in [5, 5.41) is 0. The van der Waals surface area contributed by atoms with Crippen molar-refractivity contribution in [1.29, 1.82) is 0 Å². The number of carbonyl (C=O) groups excluding carboxylic acids is 1. The van der Waals surface area contributed by atoms with Crippen LogP contribution in [0.15, 0.2) is 42.9 Å². The topological polar surface area (TPSA) is 46.1 Å². The van der Waals surface area contributed by atoms with Crippen molar-refractivity contribution in [3.8, 4) is 0 Å². The lowest BCUT2D eigenvalue weighted by atomic mass is 10.2. The van der Waals surface area contributed by atoms with Gasteiger partial charge in [0.05, 0.1) is 5.56 Å². The number of aromatic nitrogens is 2. The van der Waals surface area contributed by atoms with Gasteiger partial charge in [0.15, 0.2) is 0 Å². The average molecular weight is 245 g/mol. The van der Waals surface area contributed by atoms with E-state index in [2.05, 4.69) is 9.97 Å². The summed E-state index contributed by atoms with van der Waals surface area (Å²) >= 11 is 0. The van der Waals surface area contributed by atoms with E-state index in [9.17, 15) is 9.18 Å². The van der Waals surface area contributed by atoms with Gasteiger partial charge >= 0.3 is 0 Å². The second-order valence-corrected chi connectivity index (χ2v) is 3.89. The molecule has 2 aromatic heterocycles. The Balaban J connectivity index is 2.07. The fraction of sp³-hybridized carbons (Fsp3) is 0.154. The molecule has 0 fully saturated rings. The highest BCUT2D eigenvalue weighted by molar-refractivity contribution is 5.93. The molecule has 2 rings (SSSR count). The van der Waals surface area contributed by atoms with Crippen LogP contribution in [0.3, 0.4) is 0 Å². The Morgan fingerprint density at radius 2 is 2.17 bits per heavy atom. The molecule has 0 N–H and O–H groups in total. The molecule has 0 saturated carbocycles. The van der Waals surface area contributed by atoms with E-state index in [0.29, 0.717) is 12.1 Å². The van der Waals surface area contributed by atoms with Gasteiger partial charge in [-0.05, 0) is 23.8 Å². The molecule has 92 valence electrons. The maximum atomic E-state index is 12.7. The van der Waals surface area contributed by atoms with Gasteiger partial charge in [-0.3, -0.25) is 9.78 Å². The highest BCUT2D eigenvalue weighted by Gasteiger charge is 2.12. The number of hydrogen-bond donors (Lipinski definition) is 0. The van der Waals surface area contributed by atoms with Crippen LogP contribution >= 0.6 is 0 Å². The molecule has 1 amide bonds. The van der Waals surface area contributed by atoms with E-state index >= 15 is 0 Å². The molecule has 0 aromatic carbocycles. The number of pyridine rings is 2. The lowest BCUT2D eigenvalue weighted by Gasteiger charge is -2.16. The van der Waals surface area contributed by atoms with Crippen molar-refractivity contribution in [2.75, 3.05) is 7.05 Å². The van der Waals surface area contributed by atoms with Crippen molar-refractivity contribution in [1.82, 2.24) is 14.9 Å². The van der Waals surface area contributed by atoms with Crippen LogP contribution in [0.2, 0.25) is 0 Å². The molecule has 0 aliphatic heterocycles. The molecule has 0 unspecified atom stereocenters. The standard InChI is InChI=1S/C13H12FN3O/c1-17(9-10-3-2-6-15-7-10)13(18)11-4-5-12(14)16-8-11/h2-8H,9H2,1H3. The lowest BCUT2D eigenvalue weighted by Crippen LogP contribution is -2.26. The molecule has 0 aliphatic carbocycles. The van der Waals surface area contributed by atoms with Crippen molar-refractivity contribution in [3.63, 3.8) is 0 Å². The molecule has 0 aliphatic rings. The number of hydrogen-bond acceptors (Lipinski definition) is 3. The van der Waals surface area contributed by atoms with E-state index in [-0.39, 0.29) is 5.91 Å². The second kappa shape index (κ2) is 5.35. The third-order valence-electron chi connectivity index (χ3n) is 2.46. The first-order valence-electron chi connectivity index (χ1n) is 5.43. The fourth-order valence-electron chi connectivity index (χ4n) is 1.56. The minimum atomic E-state index is -0.596. The third kappa shape index (κ3) is 2.88. The van der Waals surface area contributed by atoms with Gasteiger partial charge in [0, 0.05) is 32.2 Å². The Morgan fingerprint density at radius 1 is 1.33 bits per heavy atom. The van der Waals surface area contributed by atoms with E-state index in [0.717, 1.165) is 5.56 Å². The lowest BCUT2D eigenvalue weighted by molar-refractivity contribution is 0.0784. The van der Waals surface area contributed by atoms with Crippen molar-refractivity contribution in [2.24, 2.45) is 0 Å². The van der Waals surface area contributed by atoms with Crippen LogP contribution in [0.4, 0.5) is 4.39 Å². The summed E-state index contributed by atoms with van der Waals surface area (Å²) in [5.41, 5.74) is 1.30. The zero-order valence-corrected chi connectivity index (χ0v) is 9.88. The molecule has 2 aromatic rings.